The largest absolute Gasteiger partial charge is 0.452 e. The molecule has 0 aliphatic carbocycles. The topological polar surface area (TPSA) is 68.3 Å². The number of nitrogens with one attached hydrogen (secondary N) is 1. The minimum Gasteiger partial charge on any atom is -0.452 e. The molecule has 1 aromatic heterocycles. The predicted octanol–water partition coefficient (Wildman–Crippen LogP) is 4.82. The molecule has 1 amide bonds. The molecule has 3 aromatic rings. The average Bonchev–Trinajstić information content (AvgIpc) is 3.09. The first-order chi connectivity index (χ1) is 13.9. The fourth-order valence-electron chi connectivity index (χ4n) is 2.36. The van der Waals surface area contributed by atoms with Crippen molar-refractivity contribution in [1.82, 2.24) is 4.98 Å². The third-order valence-corrected chi connectivity index (χ3v) is 5.49. The van der Waals surface area contributed by atoms with Crippen molar-refractivity contribution in [2.45, 2.75) is 17.6 Å². The Balaban J connectivity index is 1.48. The maximum Gasteiger partial charge on any atom is 0.338 e. The van der Waals surface area contributed by atoms with E-state index in [2.05, 4.69) is 10.3 Å². The molecule has 0 saturated carbocycles. The van der Waals surface area contributed by atoms with Gasteiger partial charge in [-0.2, -0.15) is 0 Å². The number of anilines is 1. The lowest BCUT2D eigenvalue weighted by Crippen LogP contribution is -2.21. The number of carbonyl (C=O) groups is 2. The van der Waals surface area contributed by atoms with Crippen LogP contribution in [0, 0.1) is 18.6 Å². The summed E-state index contributed by atoms with van der Waals surface area (Å²) in [6, 6.07) is 9.41. The van der Waals surface area contributed by atoms with Crippen LogP contribution in [0.25, 0.3) is 0 Å². The van der Waals surface area contributed by atoms with E-state index in [1.54, 1.807) is 47.4 Å². The fourth-order valence-corrected chi connectivity index (χ4v) is 3.87. The van der Waals surface area contributed by atoms with E-state index in [4.69, 9.17) is 4.74 Å². The van der Waals surface area contributed by atoms with Crippen molar-refractivity contribution in [3.63, 3.8) is 0 Å². The van der Waals surface area contributed by atoms with Crippen molar-refractivity contribution in [3.8, 4) is 0 Å². The van der Waals surface area contributed by atoms with Crippen molar-refractivity contribution in [2.24, 2.45) is 0 Å². The Kier molecular flexibility index (Phi) is 6.95. The summed E-state index contributed by atoms with van der Waals surface area (Å²) < 4.78 is 31.2. The second-order valence-corrected chi connectivity index (χ2v) is 8.06. The van der Waals surface area contributed by atoms with Crippen LogP contribution in [0.1, 0.15) is 21.1 Å². The second-order valence-electron chi connectivity index (χ2n) is 5.95. The van der Waals surface area contributed by atoms with Crippen LogP contribution in [0.4, 0.5) is 14.5 Å². The van der Waals surface area contributed by atoms with Gasteiger partial charge in [-0.1, -0.05) is 0 Å². The van der Waals surface area contributed by atoms with Crippen molar-refractivity contribution in [1.29, 1.82) is 0 Å². The molecule has 0 spiro atoms. The first-order valence-electron chi connectivity index (χ1n) is 8.46. The highest BCUT2D eigenvalue weighted by Crippen LogP contribution is 2.24. The summed E-state index contributed by atoms with van der Waals surface area (Å²) in [4.78, 5) is 29.2. The summed E-state index contributed by atoms with van der Waals surface area (Å²) in [6.45, 7) is 1.38. The third kappa shape index (κ3) is 6.37. The van der Waals surface area contributed by atoms with Crippen molar-refractivity contribution in [2.75, 3.05) is 11.9 Å². The number of ether oxygens (including phenoxy) is 1. The van der Waals surface area contributed by atoms with Gasteiger partial charge in [0.25, 0.3) is 5.91 Å². The van der Waals surface area contributed by atoms with Gasteiger partial charge in [0, 0.05) is 27.8 Å². The molecule has 0 bridgehead atoms. The van der Waals surface area contributed by atoms with Crippen LogP contribution in [0.5, 0.6) is 0 Å². The zero-order valence-corrected chi connectivity index (χ0v) is 16.9. The van der Waals surface area contributed by atoms with Crippen molar-refractivity contribution >= 4 is 40.7 Å². The van der Waals surface area contributed by atoms with Gasteiger partial charge in [-0.25, -0.2) is 18.6 Å². The van der Waals surface area contributed by atoms with Crippen LogP contribution in [-0.4, -0.2) is 23.5 Å². The Morgan fingerprint density at radius 3 is 2.45 bits per heavy atom. The SMILES string of the molecule is Cc1nc(CSc2ccc(C(=O)OCC(=O)Nc3cc(F)cc(F)c3)cc2)cs1. The number of aryl methyl sites for hydroxylation is 1. The van der Waals surface area contributed by atoms with Crippen LogP contribution in [0.3, 0.4) is 0 Å². The lowest BCUT2D eigenvalue weighted by molar-refractivity contribution is -0.119. The molecule has 0 unspecified atom stereocenters. The van der Waals surface area contributed by atoms with E-state index in [9.17, 15) is 18.4 Å². The Bertz CT molecular complexity index is 1000. The van der Waals surface area contributed by atoms with Gasteiger partial charge < -0.3 is 10.1 Å². The molecule has 150 valence electrons. The average molecular weight is 434 g/mol. The lowest BCUT2D eigenvalue weighted by atomic mass is 10.2. The number of hydrogen-bond donors (Lipinski definition) is 1. The molecular formula is C20H16F2N2O3S2. The molecule has 5 nitrogen and oxygen atoms in total. The zero-order valence-electron chi connectivity index (χ0n) is 15.3. The van der Waals surface area contributed by atoms with Gasteiger partial charge in [0.2, 0.25) is 0 Å². The van der Waals surface area contributed by atoms with Gasteiger partial charge in [-0.05, 0) is 43.3 Å². The maximum atomic E-state index is 13.1. The Morgan fingerprint density at radius 2 is 1.83 bits per heavy atom. The third-order valence-electron chi connectivity index (χ3n) is 3.62. The number of rotatable bonds is 7. The van der Waals surface area contributed by atoms with Gasteiger partial charge in [-0.3, -0.25) is 4.79 Å². The van der Waals surface area contributed by atoms with Crippen LogP contribution in [0.2, 0.25) is 0 Å². The van der Waals surface area contributed by atoms with Gasteiger partial charge in [-0.15, -0.1) is 23.1 Å². The van der Waals surface area contributed by atoms with Crippen molar-refractivity contribution in [3.05, 3.63) is 75.7 Å². The quantitative estimate of drug-likeness (QED) is 0.427. The highest BCUT2D eigenvalue weighted by molar-refractivity contribution is 7.98. The molecule has 0 aliphatic heterocycles. The minimum absolute atomic E-state index is 0.0553. The standard InChI is InChI=1S/C20H16F2N2O3S2/c1-12-23-17(10-28-12)11-29-18-4-2-13(3-5-18)20(26)27-9-19(25)24-16-7-14(21)6-15(22)8-16/h2-8,10H,9,11H2,1H3,(H,24,25). The summed E-state index contributed by atoms with van der Waals surface area (Å²) in [6.07, 6.45) is 0. The summed E-state index contributed by atoms with van der Waals surface area (Å²) >= 11 is 3.20. The molecule has 29 heavy (non-hydrogen) atoms. The van der Waals surface area contributed by atoms with Crippen LogP contribution in [-0.2, 0) is 15.3 Å². The van der Waals surface area contributed by atoms with Crippen molar-refractivity contribution < 1.29 is 23.1 Å². The molecule has 0 saturated heterocycles. The molecule has 9 heteroatoms. The summed E-state index contributed by atoms with van der Waals surface area (Å²) in [5, 5.41) is 5.30. The molecule has 0 fully saturated rings. The van der Waals surface area contributed by atoms with E-state index >= 15 is 0 Å². The first-order valence-corrected chi connectivity index (χ1v) is 10.3. The monoisotopic (exact) mass is 434 g/mol. The number of nitrogens with zero attached hydrogens (tertiary/aromatic N) is 1. The van der Waals surface area contributed by atoms with E-state index < -0.39 is 30.1 Å². The molecule has 0 aliphatic rings. The summed E-state index contributed by atoms with van der Waals surface area (Å²) in [5.41, 5.74) is 1.24. The number of thioether (sulfide) groups is 1. The Labute approximate surface area is 174 Å². The zero-order chi connectivity index (χ0) is 20.8. The van der Waals surface area contributed by atoms with Gasteiger partial charge in [0.15, 0.2) is 6.61 Å². The van der Waals surface area contributed by atoms with Crippen LogP contribution >= 0.6 is 23.1 Å². The van der Waals surface area contributed by atoms with Crippen LogP contribution in [0.15, 0.2) is 52.7 Å². The summed E-state index contributed by atoms with van der Waals surface area (Å²) in [5.74, 6) is -2.28. The minimum atomic E-state index is -0.819. The number of amides is 1. The highest BCUT2D eigenvalue weighted by atomic mass is 32.2. The molecule has 0 radical (unpaired) electrons. The highest BCUT2D eigenvalue weighted by Gasteiger charge is 2.11. The number of benzene rings is 2. The fraction of sp³-hybridized carbons (Fsp3) is 0.150. The number of carbonyl (C=O) groups excluding carboxylic acids is 2. The normalized spacial score (nSPS) is 10.6. The van der Waals surface area contributed by atoms with Crippen LogP contribution < -0.4 is 5.32 Å². The first kappa shape index (κ1) is 20.9. The smallest absolute Gasteiger partial charge is 0.338 e. The van der Waals surface area contributed by atoms with Gasteiger partial charge in [0.1, 0.15) is 11.6 Å². The number of esters is 1. The Morgan fingerprint density at radius 1 is 1.14 bits per heavy atom. The molecular weight excluding hydrogens is 418 g/mol. The number of thiazole rings is 1. The number of hydrogen-bond acceptors (Lipinski definition) is 6. The number of aromatic nitrogens is 1. The molecule has 1 N–H and O–H groups in total. The predicted molar refractivity (Wildman–Crippen MR) is 108 cm³/mol. The Hall–Kier alpha value is -2.78. The lowest BCUT2D eigenvalue weighted by Gasteiger charge is -2.07. The van der Waals surface area contributed by atoms with E-state index in [0.717, 1.165) is 33.5 Å². The van der Waals surface area contributed by atoms with Gasteiger partial charge >= 0.3 is 5.97 Å². The van der Waals surface area contributed by atoms with Gasteiger partial charge in [0.05, 0.1) is 16.3 Å². The van der Waals surface area contributed by atoms with E-state index in [1.807, 2.05) is 12.3 Å². The molecule has 0 atom stereocenters. The molecule has 1 heterocycles. The van der Waals surface area contributed by atoms with E-state index in [0.29, 0.717) is 11.6 Å². The number of halogens is 2. The second kappa shape index (κ2) is 9.62. The molecule has 2 aromatic carbocycles. The summed E-state index contributed by atoms with van der Waals surface area (Å²) in [7, 11) is 0. The molecule has 3 rings (SSSR count). The maximum absolute atomic E-state index is 13.1. The van der Waals surface area contributed by atoms with E-state index in [1.165, 1.54) is 0 Å². The van der Waals surface area contributed by atoms with E-state index in [-0.39, 0.29) is 5.69 Å².